The monoisotopic (exact) mass is 319 g/mol. The molecular formula is C10H10BrNO4S. The highest BCUT2D eigenvalue weighted by Crippen LogP contribution is 2.22. The van der Waals surface area contributed by atoms with Crippen LogP contribution in [0.5, 0.6) is 0 Å². The molecule has 1 aromatic heterocycles. The zero-order chi connectivity index (χ0) is 12.8. The SMILES string of the molecule is O=C(/C=C/c1ccc(Br)s1)N[C@H](CO)C(=O)O. The number of nitrogens with one attached hydrogen (secondary N) is 1. The number of aliphatic hydroxyl groups is 1. The van der Waals surface area contributed by atoms with Crippen molar-refractivity contribution < 1.29 is 19.8 Å². The Labute approximate surface area is 110 Å². The molecular weight excluding hydrogens is 310 g/mol. The van der Waals surface area contributed by atoms with E-state index in [2.05, 4.69) is 21.2 Å². The maximum absolute atomic E-state index is 11.3. The van der Waals surface area contributed by atoms with Crippen LogP contribution < -0.4 is 5.32 Å². The van der Waals surface area contributed by atoms with Crippen LogP contribution >= 0.6 is 27.3 Å². The summed E-state index contributed by atoms with van der Waals surface area (Å²) in [5.74, 6) is -1.83. The van der Waals surface area contributed by atoms with E-state index in [1.54, 1.807) is 6.08 Å². The number of amides is 1. The summed E-state index contributed by atoms with van der Waals surface area (Å²) in [5, 5.41) is 19.5. The predicted octanol–water partition coefficient (Wildman–Crippen LogP) is 1.09. The molecule has 0 aliphatic rings. The highest BCUT2D eigenvalue weighted by atomic mass is 79.9. The topological polar surface area (TPSA) is 86.6 Å². The van der Waals surface area contributed by atoms with Gasteiger partial charge in [-0.1, -0.05) is 0 Å². The molecule has 92 valence electrons. The van der Waals surface area contributed by atoms with Gasteiger partial charge in [-0.3, -0.25) is 4.79 Å². The number of carboxylic acid groups (broad SMARTS) is 1. The Morgan fingerprint density at radius 3 is 2.71 bits per heavy atom. The van der Waals surface area contributed by atoms with Gasteiger partial charge in [0, 0.05) is 11.0 Å². The lowest BCUT2D eigenvalue weighted by Gasteiger charge is -2.08. The van der Waals surface area contributed by atoms with Gasteiger partial charge in [0.25, 0.3) is 0 Å². The van der Waals surface area contributed by atoms with E-state index in [0.29, 0.717) is 0 Å². The van der Waals surface area contributed by atoms with Crippen LogP contribution in [0.25, 0.3) is 6.08 Å². The van der Waals surface area contributed by atoms with Gasteiger partial charge in [0.2, 0.25) is 5.91 Å². The van der Waals surface area contributed by atoms with Gasteiger partial charge >= 0.3 is 5.97 Å². The molecule has 1 aromatic rings. The first-order valence-electron chi connectivity index (χ1n) is 4.60. The molecule has 17 heavy (non-hydrogen) atoms. The molecule has 0 saturated heterocycles. The van der Waals surface area contributed by atoms with Crippen molar-refractivity contribution in [1.82, 2.24) is 5.32 Å². The lowest BCUT2D eigenvalue weighted by molar-refractivity contribution is -0.142. The molecule has 1 heterocycles. The number of aliphatic carboxylic acids is 1. The van der Waals surface area contributed by atoms with Crippen molar-refractivity contribution in [2.75, 3.05) is 6.61 Å². The Morgan fingerprint density at radius 2 is 2.24 bits per heavy atom. The average Bonchev–Trinajstić information content (AvgIpc) is 2.68. The maximum atomic E-state index is 11.3. The molecule has 7 heteroatoms. The fourth-order valence-corrected chi connectivity index (χ4v) is 2.31. The Morgan fingerprint density at radius 1 is 1.53 bits per heavy atom. The summed E-state index contributed by atoms with van der Waals surface area (Å²) in [7, 11) is 0. The Bertz CT molecular complexity index is 443. The average molecular weight is 320 g/mol. The smallest absolute Gasteiger partial charge is 0.328 e. The van der Waals surface area contributed by atoms with E-state index in [1.807, 2.05) is 12.1 Å². The third-order valence-corrected chi connectivity index (χ3v) is 3.38. The van der Waals surface area contributed by atoms with E-state index in [0.717, 1.165) is 8.66 Å². The molecule has 0 spiro atoms. The van der Waals surface area contributed by atoms with Crippen molar-refractivity contribution in [3.63, 3.8) is 0 Å². The molecule has 0 aliphatic carbocycles. The van der Waals surface area contributed by atoms with Crippen LogP contribution in [0, 0.1) is 0 Å². The summed E-state index contributed by atoms with van der Waals surface area (Å²) in [4.78, 5) is 22.7. The zero-order valence-electron chi connectivity index (χ0n) is 8.59. The van der Waals surface area contributed by atoms with Crippen molar-refractivity contribution >= 4 is 45.2 Å². The normalized spacial score (nSPS) is 12.6. The predicted molar refractivity (Wildman–Crippen MR) is 67.7 cm³/mol. The number of carbonyl (C=O) groups is 2. The summed E-state index contributed by atoms with van der Waals surface area (Å²) >= 11 is 4.73. The van der Waals surface area contributed by atoms with Gasteiger partial charge in [-0.25, -0.2) is 4.79 Å². The Hall–Kier alpha value is -1.18. The Kier molecular flexibility index (Phi) is 5.33. The van der Waals surface area contributed by atoms with Gasteiger partial charge in [-0.05, 0) is 34.1 Å². The van der Waals surface area contributed by atoms with Crippen molar-refractivity contribution in [3.8, 4) is 0 Å². The van der Waals surface area contributed by atoms with Gasteiger partial charge in [-0.15, -0.1) is 11.3 Å². The van der Waals surface area contributed by atoms with E-state index in [4.69, 9.17) is 10.2 Å². The van der Waals surface area contributed by atoms with Gasteiger partial charge < -0.3 is 15.5 Å². The zero-order valence-corrected chi connectivity index (χ0v) is 11.0. The van der Waals surface area contributed by atoms with Crippen LogP contribution in [-0.2, 0) is 9.59 Å². The Balaban J connectivity index is 2.54. The number of hydrogen-bond acceptors (Lipinski definition) is 4. The molecule has 3 N–H and O–H groups in total. The first-order valence-corrected chi connectivity index (χ1v) is 6.21. The number of rotatable bonds is 5. The van der Waals surface area contributed by atoms with E-state index in [9.17, 15) is 9.59 Å². The fourth-order valence-electron chi connectivity index (χ4n) is 0.981. The summed E-state index contributed by atoms with van der Waals surface area (Å²) in [5.41, 5.74) is 0. The second-order valence-electron chi connectivity index (χ2n) is 3.06. The largest absolute Gasteiger partial charge is 0.480 e. The van der Waals surface area contributed by atoms with Crippen molar-refractivity contribution in [2.45, 2.75) is 6.04 Å². The van der Waals surface area contributed by atoms with Gasteiger partial charge in [0.1, 0.15) is 0 Å². The third-order valence-electron chi connectivity index (χ3n) is 1.79. The second-order valence-corrected chi connectivity index (χ2v) is 5.55. The molecule has 0 aromatic carbocycles. The summed E-state index contributed by atoms with van der Waals surface area (Å²) < 4.78 is 0.941. The molecule has 1 rings (SSSR count). The minimum atomic E-state index is -1.28. The van der Waals surface area contributed by atoms with Gasteiger partial charge in [0.15, 0.2) is 6.04 Å². The number of carboxylic acids is 1. The maximum Gasteiger partial charge on any atom is 0.328 e. The van der Waals surface area contributed by atoms with E-state index in [-0.39, 0.29) is 0 Å². The minimum absolute atomic E-state index is 0.559. The van der Waals surface area contributed by atoms with E-state index >= 15 is 0 Å². The molecule has 1 amide bonds. The van der Waals surface area contributed by atoms with Crippen molar-refractivity contribution in [1.29, 1.82) is 0 Å². The molecule has 0 unspecified atom stereocenters. The number of halogens is 1. The van der Waals surface area contributed by atoms with Crippen LogP contribution in [0.1, 0.15) is 4.88 Å². The molecule has 1 atom stereocenters. The number of carbonyl (C=O) groups excluding carboxylic acids is 1. The summed E-state index contributed by atoms with van der Waals surface area (Å²) in [6, 6.07) is 2.39. The van der Waals surface area contributed by atoms with Crippen LogP contribution in [0.2, 0.25) is 0 Å². The minimum Gasteiger partial charge on any atom is -0.480 e. The standard InChI is InChI=1S/C10H10BrNO4S/c11-8-3-1-6(17-8)2-4-9(14)12-7(5-13)10(15)16/h1-4,7,13H,5H2,(H,12,14)(H,15,16)/b4-2+/t7-/m1/s1. The van der Waals surface area contributed by atoms with Crippen LogP contribution in [0.3, 0.4) is 0 Å². The van der Waals surface area contributed by atoms with Gasteiger partial charge in [-0.2, -0.15) is 0 Å². The molecule has 0 radical (unpaired) electrons. The van der Waals surface area contributed by atoms with Crippen molar-refractivity contribution in [3.05, 3.63) is 26.9 Å². The molecule has 5 nitrogen and oxygen atoms in total. The lowest BCUT2D eigenvalue weighted by atomic mass is 10.3. The lowest BCUT2D eigenvalue weighted by Crippen LogP contribution is -2.42. The van der Waals surface area contributed by atoms with Crippen LogP contribution in [0.4, 0.5) is 0 Å². The number of aliphatic hydroxyl groups excluding tert-OH is 1. The van der Waals surface area contributed by atoms with Crippen LogP contribution in [-0.4, -0.2) is 34.7 Å². The quantitative estimate of drug-likeness (QED) is 0.709. The summed E-state index contributed by atoms with van der Waals surface area (Å²) in [6.07, 6.45) is 2.80. The second kappa shape index (κ2) is 6.53. The first kappa shape index (κ1) is 13.9. The van der Waals surface area contributed by atoms with Crippen LogP contribution in [0.15, 0.2) is 22.0 Å². The third kappa shape index (κ3) is 4.68. The summed E-state index contributed by atoms with van der Waals surface area (Å²) in [6.45, 7) is -0.639. The first-order chi connectivity index (χ1) is 8.02. The molecule has 0 saturated carbocycles. The number of thiophene rings is 1. The van der Waals surface area contributed by atoms with Gasteiger partial charge in [0.05, 0.1) is 10.4 Å². The number of hydrogen-bond donors (Lipinski definition) is 3. The van der Waals surface area contributed by atoms with Crippen molar-refractivity contribution in [2.24, 2.45) is 0 Å². The highest BCUT2D eigenvalue weighted by Gasteiger charge is 2.16. The van der Waals surface area contributed by atoms with E-state index < -0.39 is 24.5 Å². The molecule has 0 bridgehead atoms. The fraction of sp³-hybridized carbons (Fsp3) is 0.200. The molecule has 0 aliphatic heterocycles. The van der Waals surface area contributed by atoms with E-state index in [1.165, 1.54) is 17.4 Å². The molecule has 0 fully saturated rings. The highest BCUT2D eigenvalue weighted by molar-refractivity contribution is 9.11.